The number of rotatable bonds is 5. The molecule has 4 rings (SSSR count). The fourth-order valence-corrected chi connectivity index (χ4v) is 3.51. The molecule has 29 heavy (non-hydrogen) atoms. The van der Waals surface area contributed by atoms with Gasteiger partial charge in [0.25, 0.3) is 5.91 Å². The minimum atomic E-state index is -0.884. The van der Waals surface area contributed by atoms with E-state index in [1.807, 2.05) is 55.1 Å². The van der Waals surface area contributed by atoms with E-state index in [4.69, 9.17) is 0 Å². The number of alkyl halides is 1. The number of benzene rings is 1. The van der Waals surface area contributed by atoms with Crippen molar-refractivity contribution in [3.8, 4) is 11.1 Å². The van der Waals surface area contributed by atoms with Gasteiger partial charge in [-0.15, -0.1) is 0 Å². The highest BCUT2D eigenvalue weighted by molar-refractivity contribution is 6.08. The molecule has 0 bridgehead atoms. The molecule has 1 saturated heterocycles. The lowest BCUT2D eigenvalue weighted by atomic mass is 10.0. The number of hydrogen-bond donors (Lipinski definition) is 1. The van der Waals surface area contributed by atoms with Crippen LogP contribution in [0.25, 0.3) is 11.1 Å². The van der Waals surface area contributed by atoms with Gasteiger partial charge in [-0.2, -0.15) is 5.10 Å². The first-order valence-corrected chi connectivity index (χ1v) is 9.82. The van der Waals surface area contributed by atoms with Crippen molar-refractivity contribution in [3.05, 3.63) is 60.6 Å². The van der Waals surface area contributed by atoms with Gasteiger partial charge in [0.1, 0.15) is 6.17 Å². The minimum Gasteiger partial charge on any atom is -0.352 e. The average molecular weight is 393 g/mol. The molecule has 1 aliphatic heterocycles. The van der Waals surface area contributed by atoms with Crippen LogP contribution in [0, 0.1) is 0 Å². The van der Waals surface area contributed by atoms with E-state index in [1.165, 1.54) is 0 Å². The maximum Gasteiger partial charge on any atom is 0.258 e. The SMILES string of the molecule is CC(C)n1cc(C(=O)Nc2c(-c3ccccc3)ccnc2N2CC[C@H](F)C2)cn1. The molecular weight excluding hydrogens is 369 g/mol. The van der Waals surface area contributed by atoms with Crippen LogP contribution in [-0.2, 0) is 0 Å². The Morgan fingerprint density at radius 1 is 1.24 bits per heavy atom. The summed E-state index contributed by atoms with van der Waals surface area (Å²) in [5.41, 5.74) is 2.87. The summed E-state index contributed by atoms with van der Waals surface area (Å²) in [7, 11) is 0. The van der Waals surface area contributed by atoms with Crippen LogP contribution in [-0.4, -0.2) is 39.9 Å². The largest absolute Gasteiger partial charge is 0.352 e. The van der Waals surface area contributed by atoms with E-state index in [2.05, 4.69) is 15.4 Å². The maximum atomic E-state index is 13.9. The molecule has 1 amide bonds. The molecule has 1 atom stereocenters. The molecule has 0 radical (unpaired) electrons. The molecule has 0 spiro atoms. The predicted molar refractivity (Wildman–Crippen MR) is 112 cm³/mol. The summed E-state index contributed by atoms with van der Waals surface area (Å²) >= 11 is 0. The lowest BCUT2D eigenvalue weighted by Crippen LogP contribution is -2.24. The van der Waals surface area contributed by atoms with E-state index in [-0.39, 0.29) is 18.5 Å². The highest BCUT2D eigenvalue weighted by Gasteiger charge is 2.27. The first kappa shape index (κ1) is 19.1. The smallest absolute Gasteiger partial charge is 0.258 e. The van der Waals surface area contributed by atoms with Crippen molar-refractivity contribution in [1.29, 1.82) is 0 Å². The normalized spacial score (nSPS) is 16.4. The van der Waals surface area contributed by atoms with Crippen molar-refractivity contribution in [2.75, 3.05) is 23.3 Å². The summed E-state index contributed by atoms with van der Waals surface area (Å²) in [6.45, 7) is 4.85. The lowest BCUT2D eigenvalue weighted by Gasteiger charge is -2.22. The number of amides is 1. The number of nitrogens with one attached hydrogen (secondary N) is 1. The van der Waals surface area contributed by atoms with Crippen LogP contribution in [0.2, 0.25) is 0 Å². The van der Waals surface area contributed by atoms with E-state index >= 15 is 0 Å². The van der Waals surface area contributed by atoms with Crippen molar-refractivity contribution in [2.45, 2.75) is 32.5 Å². The molecule has 1 aromatic carbocycles. The van der Waals surface area contributed by atoms with Crippen LogP contribution >= 0.6 is 0 Å². The number of carbonyl (C=O) groups excluding carboxylic acids is 1. The zero-order valence-electron chi connectivity index (χ0n) is 16.5. The number of hydrogen-bond acceptors (Lipinski definition) is 4. The predicted octanol–water partition coefficient (Wildman–Crippen LogP) is 4.33. The van der Waals surface area contributed by atoms with Crippen LogP contribution in [0.1, 0.15) is 36.7 Å². The molecule has 0 aliphatic carbocycles. The Kier molecular flexibility index (Phi) is 5.29. The Morgan fingerprint density at radius 2 is 2.03 bits per heavy atom. The van der Waals surface area contributed by atoms with Gasteiger partial charge in [0.2, 0.25) is 0 Å². The topological polar surface area (TPSA) is 63.1 Å². The van der Waals surface area contributed by atoms with Gasteiger partial charge in [-0.25, -0.2) is 9.37 Å². The molecule has 2 aromatic heterocycles. The van der Waals surface area contributed by atoms with Gasteiger partial charge < -0.3 is 10.2 Å². The third-order valence-corrected chi connectivity index (χ3v) is 5.08. The fraction of sp³-hybridized carbons (Fsp3) is 0.318. The van der Waals surface area contributed by atoms with Gasteiger partial charge in [0, 0.05) is 30.5 Å². The zero-order chi connectivity index (χ0) is 20.4. The van der Waals surface area contributed by atoms with Crippen molar-refractivity contribution in [3.63, 3.8) is 0 Å². The summed E-state index contributed by atoms with van der Waals surface area (Å²) in [4.78, 5) is 19.4. The molecule has 7 heteroatoms. The Balaban J connectivity index is 1.73. The molecule has 0 unspecified atom stereocenters. The van der Waals surface area contributed by atoms with Gasteiger partial charge in [-0.1, -0.05) is 30.3 Å². The Morgan fingerprint density at radius 3 is 2.69 bits per heavy atom. The van der Waals surface area contributed by atoms with E-state index in [9.17, 15) is 9.18 Å². The Hall–Kier alpha value is -3.22. The highest BCUT2D eigenvalue weighted by Crippen LogP contribution is 2.36. The van der Waals surface area contributed by atoms with Crippen LogP contribution < -0.4 is 10.2 Å². The number of pyridine rings is 1. The average Bonchev–Trinajstić information content (AvgIpc) is 3.38. The van der Waals surface area contributed by atoms with E-state index in [0.29, 0.717) is 30.0 Å². The lowest BCUT2D eigenvalue weighted by molar-refractivity contribution is 0.102. The van der Waals surface area contributed by atoms with Gasteiger partial charge in [-0.05, 0) is 31.9 Å². The third-order valence-electron chi connectivity index (χ3n) is 5.08. The molecule has 3 aromatic rings. The monoisotopic (exact) mass is 393 g/mol. The maximum absolute atomic E-state index is 13.9. The summed E-state index contributed by atoms with van der Waals surface area (Å²) in [6.07, 6.45) is 4.57. The Bertz CT molecular complexity index is 1000. The quantitative estimate of drug-likeness (QED) is 0.701. The van der Waals surface area contributed by atoms with Gasteiger partial charge >= 0.3 is 0 Å². The first-order chi connectivity index (χ1) is 14.0. The number of carbonyl (C=O) groups is 1. The summed E-state index contributed by atoms with van der Waals surface area (Å²) in [5.74, 6) is 0.329. The first-order valence-electron chi connectivity index (χ1n) is 9.82. The van der Waals surface area contributed by atoms with E-state index < -0.39 is 6.17 Å². The van der Waals surface area contributed by atoms with Crippen LogP contribution in [0.15, 0.2) is 55.0 Å². The second kappa shape index (κ2) is 8.03. The number of aromatic nitrogens is 3. The summed E-state index contributed by atoms with van der Waals surface area (Å²) in [5, 5.41) is 7.27. The molecule has 0 saturated carbocycles. The minimum absolute atomic E-state index is 0.163. The van der Waals surface area contributed by atoms with Gasteiger partial charge in [-0.3, -0.25) is 9.48 Å². The van der Waals surface area contributed by atoms with Gasteiger partial charge in [0.15, 0.2) is 5.82 Å². The van der Waals surface area contributed by atoms with Crippen molar-refractivity contribution in [2.24, 2.45) is 0 Å². The van der Waals surface area contributed by atoms with Crippen LogP contribution in [0.3, 0.4) is 0 Å². The van der Waals surface area contributed by atoms with Crippen LogP contribution in [0.4, 0.5) is 15.9 Å². The van der Waals surface area contributed by atoms with Crippen molar-refractivity contribution in [1.82, 2.24) is 14.8 Å². The number of anilines is 2. The van der Waals surface area contributed by atoms with Crippen LogP contribution in [0.5, 0.6) is 0 Å². The highest BCUT2D eigenvalue weighted by atomic mass is 19.1. The summed E-state index contributed by atoms with van der Waals surface area (Å²) < 4.78 is 15.6. The molecule has 3 heterocycles. The molecule has 6 nitrogen and oxygen atoms in total. The molecular formula is C22H24FN5O. The van der Waals surface area contributed by atoms with E-state index in [1.54, 1.807) is 23.3 Å². The second-order valence-corrected chi connectivity index (χ2v) is 7.51. The number of halogens is 1. The molecule has 150 valence electrons. The molecule has 1 fully saturated rings. The van der Waals surface area contributed by atoms with Crippen molar-refractivity contribution >= 4 is 17.4 Å². The summed E-state index contributed by atoms with van der Waals surface area (Å²) in [6, 6.07) is 11.8. The number of nitrogens with zero attached hydrogens (tertiary/aromatic N) is 4. The fourth-order valence-electron chi connectivity index (χ4n) is 3.51. The zero-order valence-corrected chi connectivity index (χ0v) is 16.5. The van der Waals surface area contributed by atoms with Crippen molar-refractivity contribution < 1.29 is 9.18 Å². The third kappa shape index (κ3) is 3.99. The molecule has 1 N–H and O–H groups in total. The second-order valence-electron chi connectivity index (χ2n) is 7.51. The standard InChI is InChI=1S/C22H24FN5O/c1-15(2)28-13-17(12-25-28)22(29)26-20-19(16-6-4-3-5-7-16)8-10-24-21(20)27-11-9-18(23)14-27/h3-8,10,12-13,15,18H,9,11,14H2,1-2H3,(H,26,29)/t18-/m0/s1. The van der Waals surface area contributed by atoms with Gasteiger partial charge in [0.05, 0.1) is 24.0 Å². The van der Waals surface area contributed by atoms with E-state index in [0.717, 1.165) is 11.1 Å². The Labute approximate surface area is 169 Å². The molecule has 1 aliphatic rings.